The fraction of sp³-hybridized carbons (Fsp3) is 1.00. The molecule has 0 radical (unpaired) electrons. The molecule has 1 aliphatic heterocycles. The Balaban J connectivity index is 2.49. The van der Waals surface area contributed by atoms with Gasteiger partial charge in [0.05, 0.1) is 12.7 Å². The molecule has 96 valence electrons. The molecule has 16 heavy (non-hydrogen) atoms. The molecule has 0 aromatic carbocycles. The number of aliphatic hydroxyl groups is 2. The second kappa shape index (κ2) is 5.92. The van der Waals surface area contributed by atoms with Gasteiger partial charge in [0.2, 0.25) is 0 Å². The summed E-state index contributed by atoms with van der Waals surface area (Å²) in [6.07, 6.45) is 0.868. The van der Waals surface area contributed by atoms with E-state index in [0.717, 1.165) is 12.8 Å². The highest BCUT2D eigenvalue weighted by Gasteiger charge is 2.26. The summed E-state index contributed by atoms with van der Waals surface area (Å²) in [6, 6.07) is 0. The highest BCUT2D eigenvalue weighted by molar-refractivity contribution is 7.87. The quantitative estimate of drug-likeness (QED) is 0.580. The summed E-state index contributed by atoms with van der Waals surface area (Å²) >= 11 is 0. The average molecular weight is 252 g/mol. The highest BCUT2D eigenvalue weighted by Crippen LogP contribution is 2.17. The van der Waals surface area contributed by atoms with Crippen LogP contribution in [0.4, 0.5) is 0 Å². The highest BCUT2D eigenvalue weighted by atomic mass is 32.2. The Labute approximate surface area is 96.4 Å². The molecule has 0 aromatic heterocycles. The van der Waals surface area contributed by atoms with Crippen LogP contribution in [0.3, 0.4) is 0 Å². The maximum atomic E-state index is 11.8. The first-order chi connectivity index (χ1) is 7.45. The molecule has 2 atom stereocenters. The monoisotopic (exact) mass is 252 g/mol. The molecule has 6 nitrogen and oxygen atoms in total. The van der Waals surface area contributed by atoms with Crippen LogP contribution in [0.25, 0.3) is 0 Å². The van der Waals surface area contributed by atoms with Crippen LogP contribution >= 0.6 is 0 Å². The van der Waals surface area contributed by atoms with Crippen molar-refractivity contribution in [1.29, 1.82) is 0 Å². The van der Waals surface area contributed by atoms with E-state index in [0.29, 0.717) is 19.0 Å². The van der Waals surface area contributed by atoms with E-state index in [9.17, 15) is 8.42 Å². The normalized spacial score (nSPS) is 25.6. The minimum Gasteiger partial charge on any atom is -0.394 e. The van der Waals surface area contributed by atoms with Crippen LogP contribution in [0.15, 0.2) is 0 Å². The predicted molar refractivity (Wildman–Crippen MR) is 60.0 cm³/mol. The van der Waals surface area contributed by atoms with Crippen LogP contribution in [-0.2, 0) is 10.2 Å². The van der Waals surface area contributed by atoms with Crippen molar-refractivity contribution < 1.29 is 18.6 Å². The average Bonchev–Trinajstić information content (AvgIpc) is 2.26. The summed E-state index contributed by atoms with van der Waals surface area (Å²) in [5, 5.41) is 17.7. The minimum atomic E-state index is -3.51. The van der Waals surface area contributed by atoms with Crippen molar-refractivity contribution in [3.63, 3.8) is 0 Å². The van der Waals surface area contributed by atoms with Crippen molar-refractivity contribution in [3.8, 4) is 0 Å². The number of hydrogen-bond donors (Lipinski definition) is 3. The Morgan fingerprint density at radius 2 is 2.25 bits per heavy atom. The molecule has 0 bridgehead atoms. The molecular formula is C9H20N2O4S. The number of aliphatic hydroxyl groups excluding tert-OH is 2. The van der Waals surface area contributed by atoms with E-state index >= 15 is 0 Å². The summed E-state index contributed by atoms with van der Waals surface area (Å²) in [4.78, 5) is 0. The topological polar surface area (TPSA) is 89.9 Å². The first kappa shape index (κ1) is 13.9. The smallest absolute Gasteiger partial charge is 0.279 e. The largest absolute Gasteiger partial charge is 0.394 e. The molecule has 3 N–H and O–H groups in total. The van der Waals surface area contributed by atoms with E-state index in [1.54, 1.807) is 0 Å². The van der Waals surface area contributed by atoms with Crippen LogP contribution in [0.2, 0.25) is 0 Å². The maximum Gasteiger partial charge on any atom is 0.279 e. The lowest BCUT2D eigenvalue weighted by atomic mass is 10.0. The molecule has 7 heteroatoms. The Morgan fingerprint density at radius 3 is 2.81 bits per heavy atom. The fourth-order valence-electron chi connectivity index (χ4n) is 1.72. The first-order valence-corrected chi connectivity index (χ1v) is 6.93. The van der Waals surface area contributed by atoms with E-state index < -0.39 is 22.9 Å². The maximum absolute atomic E-state index is 11.8. The van der Waals surface area contributed by atoms with Crippen molar-refractivity contribution >= 4 is 10.2 Å². The van der Waals surface area contributed by atoms with Gasteiger partial charge in [-0.3, -0.25) is 0 Å². The van der Waals surface area contributed by atoms with Crippen LogP contribution in [0, 0.1) is 5.92 Å². The number of piperidine rings is 1. The molecule has 0 saturated carbocycles. The summed E-state index contributed by atoms with van der Waals surface area (Å²) < 4.78 is 27.2. The van der Waals surface area contributed by atoms with Gasteiger partial charge in [-0.1, -0.05) is 6.92 Å². The Hall–Kier alpha value is -0.210. The molecule has 1 saturated heterocycles. The van der Waals surface area contributed by atoms with E-state index in [1.807, 2.05) is 6.92 Å². The molecule has 1 heterocycles. The van der Waals surface area contributed by atoms with Gasteiger partial charge in [0.15, 0.2) is 0 Å². The van der Waals surface area contributed by atoms with Gasteiger partial charge >= 0.3 is 0 Å². The molecule has 0 spiro atoms. The van der Waals surface area contributed by atoms with Crippen LogP contribution in [-0.4, -0.2) is 55.3 Å². The Kier molecular flexibility index (Phi) is 5.13. The number of hydrogen-bond acceptors (Lipinski definition) is 4. The summed E-state index contributed by atoms with van der Waals surface area (Å²) in [6.45, 7) is 2.46. The summed E-state index contributed by atoms with van der Waals surface area (Å²) in [5.74, 6) is 0.369. The second-order valence-electron chi connectivity index (χ2n) is 4.30. The van der Waals surface area contributed by atoms with Crippen molar-refractivity contribution in [1.82, 2.24) is 9.03 Å². The zero-order valence-corrected chi connectivity index (χ0v) is 10.3. The van der Waals surface area contributed by atoms with Gasteiger partial charge in [-0.25, -0.2) is 0 Å². The van der Waals surface area contributed by atoms with Gasteiger partial charge < -0.3 is 10.2 Å². The van der Waals surface area contributed by atoms with Gasteiger partial charge in [0.25, 0.3) is 10.2 Å². The van der Waals surface area contributed by atoms with E-state index in [1.165, 1.54) is 4.31 Å². The lowest BCUT2D eigenvalue weighted by Gasteiger charge is -2.30. The third kappa shape index (κ3) is 3.99. The van der Waals surface area contributed by atoms with Crippen LogP contribution in [0.1, 0.15) is 19.8 Å². The first-order valence-electron chi connectivity index (χ1n) is 5.49. The molecule has 0 aromatic rings. The minimum absolute atomic E-state index is 0.149. The van der Waals surface area contributed by atoms with Crippen molar-refractivity contribution in [3.05, 3.63) is 0 Å². The lowest BCUT2D eigenvalue weighted by Crippen LogP contribution is -2.47. The van der Waals surface area contributed by atoms with Gasteiger partial charge in [-0.2, -0.15) is 17.4 Å². The van der Waals surface area contributed by atoms with Crippen molar-refractivity contribution in [2.24, 2.45) is 5.92 Å². The van der Waals surface area contributed by atoms with E-state index in [4.69, 9.17) is 10.2 Å². The molecule has 2 unspecified atom stereocenters. The molecule has 0 amide bonds. The van der Waals surface area contributed by atoms with E-state index in [-0.39, 0.29) is 6.54 Å². The third-order valence-electron chi connectivity index (χ3n) is 2.67. The number of nitrogens with zero attached hydrogens (tertiary/aromatic N) is 1. The second-order valence-corrected chi connectivity index (χ2v) is 6.05. The van der Waals surface area contributed by atoms with Crippen molar-refractivity contribution in [2.75, 3.05) is 26.2 Å². The predicted octanol–water partition coefficient (Wildman–Crippen LogP) is -1.09. The van der Waals surface area contributed by atoms with Crippen LogP contribution < -0.4 is 4.72 Å². The van der Waals surface area contributed by atoms with Crippen LogP contribution in [0.5, 0.6) is 0 Å². The van der Waals surface area contributed by atoms with Crippen molar-refractivity contribution in [2.45, 2.75) is 25.9 Å². The van der Waals surface area contributed by atoms with Gasteiger partial charge in [-0.05, 0) is 18.8 Å². The standard InChI is InChI=1S/C9H20N2O4S/c1-8-3-2-4-11(6-8)16(14,15)10-5-9(13)7-12/h8-10,12-13H,2-7H2,1H3. The zero-order chi connectivity index (χ0) is 12.2. The van der Waals surface area contributed by atoms with Gasteiger partial charge in [0.1, 0.15) is 0 Å². The zero-order valence-electron chi connectivity index (χ0n) is 9.46. The lowest BCUT2D eigenvalue weighted by molar-refractivity contribution is 0.0982. The van der Waals surface area contributed by atoms with E-state index in [2.05, 4.69) is 4.72 Å². The fourth-order valence-corrected chi connectivity index (χ4v) is 3.13. The SMILES string of the molecule is CC1CCCN(S(=O)(=O)NCC(O)CO)C1. The Bertz CT molecular complexity index is 307. The summed E-state index contributed by atoms with van der Waals surface area (Å²) in [5.41, 5.74) is 0. The van der Waals surface area contributed by atoms with Gasteiger partial charge in [-0.15, -0.1) is 0 Å². The summed E-state index contributed by atoms with van der Waals surface area (Å²) in [7, 11) is -3.51. The number of rotatable bonds is 5. The third-order valence-corrected chi connectivity index (χ3v) is 4.21. The number of nitrogens with one attached hydrogen (secondary N) is 1. The molecule has 1 rings (SSSR count). The molecule has 1 aliphatic rings. The molecule has 1 fully saturated rings. The molecular weight excluding hydrogens is 232 g/mol. The molecule has 0 aliphatic carbocycles. The Morgan fingerprint density at radius 1 is 1.56 bits per heavy atom. The van der Waals surface area contributed by atoms with Gasteiger partial charge in [0, 0.05) is 19.6 Å².